The van der Waals surface area contributed by atoms with Gasteiger partial charge in [0, 0.05) is 25.1 Å². The molecule has 12 heteroatoms. The van der Waals surface area contributed by atoms with Gasteiger partial charge in [0.2, 0.25) is 10.0 Å². The molecule has 28 heavy (non-hydrogen) atoms. The highest BCUT2D eigenvalue weighted by atomic mass is 32.2. The van der Waals surface area contributed by atoms with Crippen LogP contribution in [0.1, 0.15) is 16.1 Å². The molecule has 3 rings (SSSR count). The summed E-state index contributed by atoms with van der Waals surface area (Å²) < 4.78 is 65.6. The number of amides is 1. The Morgan fingerprint density at radius 3 is 2.64 bits per heavy atom. The molecule has 0 aliphatic heterocycles. The Kier molecular flexibility index (Phi) is 5.23. The summed E-state index contributed by atoms with van der Waals surface area (Å²) in [5.74, 6) is -1.14. The van der Waals surface area contributed by atoms with Gasteiger partial charge in [-0.2, -0.15) is 18.3 Å². The van der Waals surface area contributed by atoms with Crippen molar-refractivity contribution in [3.05, 3.63) is 60.2 Å². The fourth-order valence-corrected chi connectivity index (χ4v) is 3.27. The Balaban J connectivity index is 1.55. The van der Waals surface area contributed by atoms with Gasteiger partial charge in [0.1, 0.15) is 5.69 Å². The maximum Gasteiger partial charge on any atom is 0.433 e. The summed E-state index contributed by atoms with van der Waals surface area (Å²) in [7, 11) is -3.75. The number of hydrogen-bond donors (Lipinski definition) is 2. The summed E-state index contributed by atoms with van der Waals surface area (Å²) in [6.07, 6.45) is -0.661. The number of rotatable bonds is 6. The lowest BCUT2D eigenvalue weighted by molar-refractivity contribution is -0.141. The minimum Gasteiger partial charge on any atom is -0.351 e. The van der Waals surface area contributed by atoms with Crippen LogP contribution in [0, 0.1) is 0 Å². The van der Waals surface area contributed by atoms with Crippen molar-refractivity contribution in [2.45, 2.75) is 6.18 Å². The van der Waals surface area contributed by atoms with Gasteiger partial charge in [-0.05, 0) is 30.3 Å². The van der Waals surface area contributed by atoms with Crippen LogP contribution < -0.4 is 10.0 Å². The second-order valence-corrected chi connectivity index (χ2v) is 7.56. The van der Waals surface area contributed by atoms with Crippen molar-refractivity contribution in [2.75, 3.05) is 17.0 Å². The number of fused-ring (bicyclic) bond motifs is 1. The zero-order chi connectivity index (χ0) is 20.4. The predicted molar refractivity (Wildman–Crippen MR) is 94.2 cm³/mol. The van der Waals surface area contributed by atoms with E-state index in [1.165, 1.54) is 6.07 Å². The maximum absolute atomic E-state index is 12.5. The summed E-state index contributed by atoms with van der Waals surface area (Å²) in [6, 6.07) is 6.48. The molecule has 0 atom stereocenters. The van der Waals surface area contributed by atoms with Gasteiger partial charge in [-0.3, -0.25) is 14.5 Å². The predicted octanol–water partition coefficient (Wildman–Crippen LogP) is 1.92. The molecule has 3 heterocycles. The highest BCUT2D eigenvalue weighted by Gasteiger charge is 2.32. The lowest BCUT2D eigenvalue weighted by Crippen LogP contribution is -2.31. The number of sulfonamides is 1. The van der Waals surface area contributed by atoms with Gasteiger partial charge in [-0.1, -0.05) is 0 Å². The van der Waals surface area contributed by atoms with Crippen molar-refractivity contribution in [1.29, 1.82) is 0 Å². The second kappa shape index (κ2) is 7.46. The first kappa shape index (κ1) is 19.6. The van der Waals surface area contributed by atoms with E-state index in [1.54, 1.807) is 29.0 Å². The number of aromatic nitrogens is 3. The molecule has 0 unspecified atom stereocenters. The standard InChI is InChI=1S/C16H14F3N5O3S/c17-16(18,19)14-2-1-11(10-21-14)15(25)20-6-8-28(26,27)23-12-4-7-24-13(9-12)3-5-22-24/h1-5,7,9-10,23H,6,8H2,(H,20,25). The van der Waals surface area contributed by atoms with Crippen LogP contribution in [-0.4, -0.2) is 41.2 Å². The molecule has 0 saturated heterocycles. The van der Waals surface area contributed by atoms with Crippen LogP contribution in [0.5, 0.6) is 0 Å². The Hall–Kier alpha value is -3.15. The van der Waals surface area contributed by atoms with Crippen LogP contribution in [0.25, 0.3) is 5.52 Å². The quantitative estimate of drug-likeness (QED) is 0.642. The van der Waals surface area contributed by atoms with E-state index in [0.29, 0.717) is 17.3 Å². The molecular weight excluding hydrogens is 399 g/mol. The third-order valence-electron chi connectivity index (χ3n) is 3.65. The topological polar surface area (TPSA) is 105 Å². The monoisotopic (exact) mass is 413 g/mol. The molecule has 0 bridgehead atoms. The van der Waals surface area contributed by atoms with E-state index in [4.69, 9.17) is 0 Å². The highest BCUT2D eigenvalue weighted by molar-refractivity contribution is 7.92. The first-order valence-corrected chi connectivity index (χ1v) is 9.55. The summed E-state index contributed by atoms with van der Waals surface area (Å²) >= 11 is 0. The Morgan fingerprint density at radius 1 is 1.18 bits per heavy atom. The minimum atomic E-state index is -4.60. The Labute approximate surface area is 157 Å². The lowest BCUT2D eigenvalue weighted by atomic mass is 10.2. The number of pyridine rings is 2. The van der Waals surface area contributed by atoms with Crippen molar-refractivity contribution < 1.29 is 26.4 Å². The number of carbonyl (C=O) groups is 1. The molecule has 2 N–H and O–H groups in total. The summed E-state index contributed by atoms with van der Waals surface area (Å²) in [4.78, 5) is 15.1. The van der Waals surface area contributed by atoms with Crippen molar-refractivity contribution in [3.8, 4) is 0 Å². The van der Waals surface area contributed by atoms with Crippen LogP contribution in [-0.2, 0) is 16.2 Å². The van der Waals surface area contributed by atoms with Crippen molar-refractivity contribution in [2.24, 2.45) is 0 Å². The molecule has 148 valence electrons. The number of carbonyl (C=O) groups excluding carboxylic acids is 1. The normalized spacial score (nSPS) is 12.1. The maximum atomic E-state index is 12.5. The summed E-state index contributed by atoms with van der Waals surface area (Å²) in [5.41, 5.74) is -0.190. The number of halogens is 3. The van der Waals surface area contributed by atoms with Crippen LogP contribution in [0.15, 0.2) is 48.9 Å². The van der Waals surface area contributed by atoms with Crippen LogP contribution in [0.4, 0.5) is 18.9 Å². The second-order valence-electron chi connectivity index (χ2n) is 5.72. The van der Waals surface area contributed by atoms with Gasteiger partial charge in [0.15, 0.2) is 0 Å². The summed E-state index contributed by atoms with van der Waals surface area (Å²) in [5, 5.41) is 6.33. The molecule has 0 aromatic carbocycles. The van der Waals surface area contributed by atoms with E-state index >= 15 is 0 Å². The van der Waals surface area contributed by atoms with Gasteiger partial charge in [0.25, 0.3) is 5.91 Å². The van der Waals surface area contributed by atoms with Gasteiger partial charge >= 0.3 is 6.18 Å². The van der Waals surface area contributed by atoms with Gasteiger partial charge < -0.3 is 5.32 Å². The number of hydrogen-bond acceptors (Lipinski definition) is 5. The van der Waals surface area contributed by atoms with E-state index in [-0.39, 0.29) is 12.1 Å². The molecule has 1 amide bonds. The summed E-state index contributed by atoms with van der Waals surface area (Å²) in [6.45, 7) is -0.232. The lowest BCUT2D eigenvalue weighted by Gasteiger charge is -2.10. The number of nitrogens with zero attached hydrogens (tertiary/aromatic N) is 3. The average molecular weight is 413 g/mol. The number of anilines is 1. The fraction of sp³-hybridized carbons (Fsp3) is 0.188. The van der Waals surface area contributed by atoms with Gasteiger partial charge in [-0.25, -0.2) is 12.9 Å². The molecule has 0 fully saturated rings. The van der Waals surface area contributed by atoms with Crippen molar-refractivity contribution in [1.82, 2.24) is 19.9 Å². The minimum absolute atomic E-state index is 0.107. The average Bonchev–Trinajstić information content (AvgIpc) is 3.08. The molecule has 8 nitrogen and oxygen atoms in total. The molecule has 3 aromatic rings. The van der Waals surface area contributed by atoms with Crippen LogP contribution in [0.2, 0.25) is 0 Å². The molecule has 0 aliphatic rings. The van der Waals surface area contributed by atoms with E-state index in [1.807, 2.05) is 0 Å². The van der Waals surface area contributed by atoms with Gasteiger partial charge in [-0.15, -0.1) is 0 Å². The number of alkyl halides is 3. The Bertz CT molecular complexity index is 1090. The first-order chi connectivity index (χ1) is 13.1. The highest BCUT2D eigenvalue weighted by Crippen LogP contribution is 2.27. The molecule has 3 aromatic heterocycles. The van der Waals surface area contributed by atoms with Crippen molar-refractivity contribution in [3.63, 3.8) is 0 Å². The molecule has 0 aliphatic carbocycles. The zero-order valence-electron chi connectivity index (χ0n) is 14.1. The third-order valence-corrected chi connectivity index (χ3v) is 4.93. The van der Waals surface area contributed by atoms with E-state index in [2.05, 4.69) is 20.1 Å². The van der Waals surface area contributed by atoms with Crippen LogP contribution >= 0.6 is 0 Å². The van der Waals surface area contributed by atoms with Crippen molar-refractivity contribution >= 4 is 27.1 Å². The molecular formula is C16H14F3N5O3S. The van der Waals surface area contributed by atoms with Crippen LogP contribution in [0.3, 0.4) is 0 Å². The zero-order valence-corrected chi connectivity index (χ0v) is 15.0. The molecule has 0 radical (unpaired) electrons. The van der Waals surface area contributed by atoms with E-state index in [9.17, 15) is 26.4 Å². The van der Waals surface area contributed by atoms with E-state index < -0.39 is 33.6 Å². The SMILES string of the molecule is O=C(NCCS(=O)(=O)Nc1ccn2nccc2c1)c1ccc(C(F)(F)F)nc1. The smallest absolute Gasteiger partial charge is 0.351 e. The molecule has 0 saturated carbocycles. The fourth-order valence-electron chi connectivity index (χ4n) is 2.31. The third kappa shape index (κ3) is 4.76. The van der Waals surface area contributed by atoms with E-state index in [0.717, 1.165) is 12.3 Å². The molecule has 0 spiro atoms. The number of nitrogens with one attached hydrogen (secondary N) is 2. The Morgan fingerprint density at radius 2 is 1.96 bits per heavy atom. The largest absolute Gasteiger partial charge is 0.433 e. The first-order valence-electron chi connectivity index (χ1n) is 7.89. The van der Waals surface area contributed by atoms with Gasteiger partial charge in [0.05, 0.1) is 22.5 Å².